The summed E-state index contributed by atoms with van der Waals surface area (Å²) < 4.78 is 17.7. The number of benzene rings is 8. The topological polar surface area (TPSA) is 127 Å². The van der Waals surface area contributed by atoms with Crippen LogP contribution in [0.25, 0.3) is 66.5 Å². The fraction of sp³-hybridized carbons (Fsp3) is 0.114. The number of aromatic nitrogens is 6. The highest BCUT2D eigenvalue weighted by molar-refractivity contribution is 6.85. The highest BCUT2D eigenvalue weighted by Gasteiger charge is 2.38. The summed E-state index contributed by atoms with van der Waals surface area (Å²) in [6.45, 7) is 8.02. The number of nitrogens with zero attached hydrogens (tertiary/aromatic N) is 8. The van der Waals surface area contributed by atoms with Crippen molar-refractivity contribution in [3.63, 3.8) is 0 Å². The molecule has 86 heavy (non-hydrogen) atoms. The Morgan fingerprint density at radius 3 is 1.08 bits per heavy atom. The van der Waals surface area contributed by atoms with Crippen LogP contribution < -0.4 is 42.0 Å². The third-order valence-corrected chi connectivity index (χ3v) is 16.3. The number of halogens is 4. The number of nitriles is 2. The van der Waals surface area contributed by atoms with Crippen LogP contribution in [0.4, 0.5) is 0 Å². The Hall–Kier alpha value is -9.13. The number of rotatable bonds is 16. The van der Waals surface area contributed by atoms with Crippen LogP contribution >= 0.6 is 46.4 Å². The van der Waals surface area contributed by atoms with Gasteiger partial charge >= 0.3 is 13.7 Å². The maximum Gasteiger partial charge on any atom is 0.328 e. The third-order valence-electron chi connectivity index (χ3n) is 14.9. The molecule has 12 rings (SSSR count). The van der Waals surface area contributed by atoms with E-state index in [4.69, 9.17) is 75.8 Å². The predicted molar refractivity (Wildman–Crippen MR) is 353 cm³/mol. The van der Waals surface area contributed by atoms with Gasteiger partial charge in [0.15, 0.2) is 0 Å². The molecule has 16 heteroatoms. The molecule has 0 atom stereocenters. The van der Waals surface area contributed by atoms with Crippen molar-refractivity contribution in [3.05, 3.63) is 249 Å². The van der Waals surface area contributed by atoms with E-state index in [1.165, 1.54) is 0 Å². The standard InChI is InChI=1S/C70H52B2Cl4N8O2/c1-43(2)41-85-51-29-17-19-45(31-51)67-65-66(70(54(38-78)64-40-80-60-34-56(74)58(76)36-62(60)82-64)83(67)71(47-21-9-5-10-22-47)48-23-11-6-12-24-48)68(46-20-18-30-52(32-46)86-42-44(3)4)84(72(49-25-13-7-14-26-49)50-27-15-8-16-28-50)69(65)53(37-77)63-39-79-59-33-55(73)57(75)35-61(59)81-63/h5-36,39-40,43-44H,41-42H2,1-4H3/b69-53-,70-54-. The van der Waals surface area contributed by atoms with E-state index in [9.17, 15) is 10.5 Å². The van der Waals surface area contributed by atoms with Gasteiger partial charge in [-0.1, -0.05) is 242 Å². The summed E-state index contributed by atoms with van der Waals surface area (Å²) in [6, 6.07) is 69.1. The molecule has 418 valence electrons. The third kappa shape index (κ3) is 11.2. The van der Waals surface area contributed by atoms with Crippen molar-refractivity contribution in [2.45, 2.75) is 27.7 Å². The minimum Gasteiger partial charge on any atom is -0.493 e. The van der Waals surface area contributed by atoms with Crippen LogP contribution in [0.5, 0.6) is 11.5 Å². The molecule has 0 aliphatic carbocycles. The van der Waals surface area contributed by atoms with Crippen LogP contribution in [-0.2, 0) is 0 Å². The van der Waals surface area contributed by atoms with Crippen LogP contribution in [0.1, 0.15) is 39.1 Å². The zero-order valence-electron chi connectivity index (χ0n) is 47.3. The van der Waals surface area contributed by atoms with Crippen molar-refractivity contribution >= 4 is 126 Å². The summed E-state index contributed by atoms with van der Waals surface area (Å²) >= 11 is 26.7. The molecule has 0 radical (unpaired) electrons. The van der Waals surface area contributed by atoms with Crippen molar-refractivity contribution in [3.8, 4) is 46.2 Å². The largest absolute Gasteiger partial charge is 0.493 e. The maximum atomic E-state index is 12.4. The van der Waals surface area contributed by atoms with Gasteiger partial charge in [-0.25, -0.2) is 9.97 Å². The molecule has 0 bridgehead atoms. The molecule has 0 saturated carbocycles. The van der Waals surface area contributed by atoms with Crippen molar-refractivity contribution in [2.24, 2.45) is 11.8 Å². The van der Waals surface area contributed by atoms with Crippen LogP contribution in [0, 0.1) is 34.5 Å². The molecule has 8 aromatic carbocycles. The van der Waals surface area contributed by atoms with Gasteiger partial charge in [-0.15, -0.1) is 0 Å². The second-order valence-electron chi connectivity index (χ2n) is 21.8. The first kappa shape index (κ1) is 57.3. The Morgan fingerprint density at radius 1 is 0.442 bits per heavy atom. The number of hydrogen-bond acceptors (Lipinski definition) is 8. The quantitative estimate of drug-likeness (QED) is 0.0875. The number of fused-ring (bicyclic) bond motifs is 3. The Kier molecular flexibility index (Phi) is 16.5. The normalized spacial score (nSPS) is 12.1. The van der Waals surface area contributed by atoms with Crippen LogP contribution in [-0.4, -0.2) is 55.8 Å². The molecule has 0 amide bonds. The lowest BCUT2D eigenvalue weighted by atomic mass is 9.50. The molecule has 0 spiro atoms. The first-order chi connectivity index (χ1) is 41.9. The average Bonchev–Trinajstić information content (AvgIpc) is 1.57. The summed E-state index contributed by atoms with van der Waals surface area (Å²) in [6.07, 6.45) is 3.22. The van der Waals surface area contributed by atoms with E-state index < -0.39 is 13.7 Å². The van der Waals surface area contributed by atoms with Crippen molar-refractivity contribution < 1.29 is 9.47 Å². The van der Waals surface area contributed by atoms with E-state index in [1.54, 1.807) is 36.7 Å². The van der Waals surface area contributed by atoms with Gasteiger partial charge in [-0.2, -0.15) is 10.5 Å². The molecule has 4 aromatic heterocycles. The smallest absolute Gasteiger partial charge is 0.328 e. The van der Waals surface area contributed by atoms with Crippen molar-refractivity contribution in [2.75, 3.05) is 13.2 Å². The zero-order valence-corrected chi connectivity index (χ0v) is 50.3. The SMILES string of the molecule is CC(C)COc1cccc(-c2c3/c(=C(\C#N)c4cnc5cc(Cl)c(Cl)cc5n4)n(B(c4ccccc4)c4ccccc4)c(-c4cccc(OCC(C)C)c4)c3/c(=C(\C#N)c3cnc4cc(Cl)c(Cl)cc4n3)n2B(c2ccccc2)c2ccccc2)c1. The molecule has 0 fully saturated rings. The van der Waals surface area contributed by atoms with Gasteiger partial charge in [-0.3, -0.25) is 9.97 Å². The molecule has 4 heterocycles. The lowest BCUT2D eigenvalue weighted by Crippen LogP contribution is -2.54. The van der Waals surface area contributed by atoms with E-state index in [-0.39, 0.29) is 44.4 Å². The molecule has 0 aliphatic heterocycles. The summed E-state index contributed by atoms with van der Waals surface area (Å²) in [4.78, 5) is 20.4. The lowest BCUT2D eigenvalue weighted by molar-refractivity contribution is 0.271. The second-order valence-corrected chi connectivity index (χ2v) is 23.4. The molecule has 0 aliphatic rings. The summed E-state index contributed by atoms with van der Waals surface area (Å²) in [5.74, 6) is 1.67. The zero-order chi connectivity index (χ0) is 59.6. The van der Waals surface area contributed by atoms with Gasteiger partial charge in [0.25, 0.3) is 0 Å². The van der Waals surface area contributed by atoms with Crippen LogP contribution in [0.3, 0.4) is 0 Å². The molecule has 0 saturated heterocycles. The highest BCUT2D eigenvalue weighted by Crippen LogP contribution is 2.39. The molecule has 10 nitrogen and oxygen atoms in total. The summed E-state index contributed by atoms with van der Waals surface area (Å²) in [7, 11) is 0. The average molecular weight is 1200 g/mol. The second kappa shape index (κ2) is 24.8. The van der Waals surface area contributed by atoms with E-state index >= 15 is 0 Å². The highest BCUT2D eigenvalue weighted by atomic mass is 35.5. The Morgan fingerprint density at radius 2 is 0.767 bits per heavy atom. The van der Waals surface area contributed by atoms with E-state index in [2.05, 4.69) is 109 Å². The van der Waals surface area contributed by atoms with Crippen LogP contribution in [0.2, 0.25) is 20.1 Å². The fourth-order valence-corrected chi connectivity index (χ4v) is 11.8. The molecular formula is C70H52B2Cl4N8O2. The van der Waals surface area contributed by atoms with E-state index in [1.807, 2.05) is 109 Å². The first-order valence-corrected chi connectivity index (χ1v) is 29.7. The van der Waals surface area contributed by atoms with Gasteiger partial charge in [0, 0.05) is 33.3 Å². The van der Waals surface area contributed by atoms with Gasteiger partial charge in [0.2, 0.25) is 0 Å². The fourth-order valence-electron chi connectivity index (χ4n) is 11.2. The Balaban J connectivity index is 1.44. The van der Waals surface area contributed by atoms with E-state index in [0.29, 0.717) is 89.7 Å². The van der Waals surface area contributed by atoms with Gasteiger partial charge in [0.05, 0.1) is 78.5 Å². The van der Waals surface area contributed by atoms with Gasteiger partial charge in [0.1, 0.15) is 46.2 Å². The molecule has 12 aromatic rings. The summed E-state index contributed by atoms with van der Waals surface area (Å²) in [5.41, 5.74) is 9.06. The number of ether oxygens (including phenoxy) is 2. The van der Waals surface area contributed by atoms with Crippen molar-refractivity contribution in [1.82, 2.24) is 28.9 Å². The van der Waals surface area contributed by atoms with Gasteiger partial charge in [-0.05, 0) is 60.4 Å². The molecular weight excluding hydrogens is 1150 g/mol. The first-order valence-electron chi connectivity index (χ1n) is 28.2. The maximum absolute atomic E-state index is 12.4. The Bertz CT molecular complexity index is 4380. The van der Waals surface area contributed by atoms with Crippen LogP contribution in [0.15, 0.2) is 207 Å². The predicted octanol–water partition coefficient (Wildman–Crippen LogP) is 13.1. The molecule has 0 unspecified atom stereocenters. The summed E-state index contributed by atoms with van der Waals surface area (Å²) in [5, 5.41) is 28.3. The lowest BCUT2D eigenvalue weighted by Gasteiger charge is -2.24. The van der Waals surface area contributed by atoms with E-state index in [0.717, 1.165) is 33.0 Å². The van der Waals surface area contributed by atoms with Crippen molar-refractivity contribution in [1.29, 1.82) is 10.5 Å². The molecule has 0 N–H and O–H groups in total. The minimum atomic E-state index is -0.660. The minimum absolute atomic E-state index is 0.175. The number of hydrogen-bond donors (Lipinski definition) is 0. The Labute approximate surface area is 519 Å². The van der Waals surface area contributed by atoms with Gasteiger partial charge < -0.3 is 18.4 Å². The monoisotopic (exact) mass is 1200 g/mol.